The van der Waals surface area contributed by atoms with E-state index in [9.17, 15) is 9.59 Å². The lowest BCUT2D eigenvalue weighted by Crippen LogP contribution is -2.04. The smallest absolute Gasteiger partial charge is 0.204 e. The van der Waals surface area contributed by atoms with Crippen LogP contribution in [0.15, 0.2) is 59.2 Å². The Bertz CT molecular complexity index is 1510. The van der Waals surface area contributed by atoms with Gasteiger partial charge in [0.15, 0.2) is 23.1 Å². The first-order chi connectivity index (χ1) is 20.7. The van der Waals surface area contributed by atoms with E-state index in [4.69, 9.17) is 33.2 Å². The van der Waals surface area contributed by atoms with E-state index in [1.807, 2.05) is 0 Å². The van der Waals surface area contributed by atoms with Crippen molar-refractivity contribution in [3.05, 3.63) is 75.9 Å². The molecule has 0 spiro atoms. The van der Waals surface area contributed by atoms with Crippen molar-refractivity contribution in [1.29, 1.82) is 0 Å². The summed E-state index contributed by atoms with van der Waals surface area (Å²) in [5.41, 5.74) is 2.24. The molecule has 0 saturated carbocycles. The lowest BCUT2D eigenvalue weighted by molar-refractivity contribution is -0.113. The van der Waals surface area contributed by atoms with Gasteiger partial charge in [0.1, 0.15) is 23.0 Å². The zero-order valence-corrected chi connectivity index (χ0v) is 26.6. The molecule has 0 aliphatic carbocycles. The fourth-order valence-corrected chi connectivity index (χ4v) is 4.86. The van der Waals surface area contributed by atoms with Crippen molar-refractivity contribution >= 4 is 39.3 Å². The van der Waals surface area contributed by atoms with Crippen molar-refractivity contribution in [3.63, 3.8) is 0 Å². The van der Waals surface area contributed by atoms with E-state index >= 15 is 0 Å². The maximum absolute atomic E-state index is 13.1. The van der Waals surface area contributed by atoms with Crippen LogP contribution in [0.2, 0.25) is 0 Å². The molecule has 0 aromatic heterocycles. The number of hydrogen-bond donors (Lipinski definition) is 1. The Morgan fingerprint density at radius 2 is 1.35 bits per heavy atom. The third-order valence-corrected chi connectivity index (χ3v) is 7.13. The van der Waals surface area contributed by atoms with Gasteiger partial charge in [0, 0.05) is 36.4 Å². The summed E-state index contributed by atoms with van der Waals surface area (Å²) in [6.45, 7) is 0. The zero-order valence-electron chi connectivity index (χ0n) is 25.0. The van der Waals surface area contributed by atoms with Gasteiger partial charge in [0.2, 0.25) is 5.75 Å². The Balaban J connectivity index is 1.79. The van der Waals surface area contributed by atoms with E-state index in [2.05, 4.69) is 21.2 Å². The molecule has 228 valence electrons. The van der Waals surface area contributed by atoms with Crippen LogP contribution < -0.4 is 38.5 Å². The van der Waals surface area contributed by atoms with Crippen LogP contribution in [0.3, 0.4) is 0 Å². The van der Waals surface area contributed by atoms with E-state index in [-0.39, 0.29) is 18.0 Å². The van der Waals surface area contributed by atoms with E-state index in [0.29, 0.717) is 61.5 Å². The number of allylic oxidation sites excluding steroid dienone is 2. The van der Waals surface area contributed by atoms with Crippen LogP contribution in [-0.4, -0.2) is 61.3 Å². The molecule has 0 unspecified atom stereocenters. The van der Waals surface area contributed by atoms with Crippen LogP contribution in [0.25, 0.3) is 6.08 Å². The SMILES string of the molecule is COc1cc(OC)c(/C=C/C(=O)Cc2ccc(OC)c(N/C=C\C(=O)c3cc(OC)c(OC)c(OC)c3Br)c2)c(OC)c1. The average molecular weight is 657 g/mol. The van der Waals surface area contributed by atoms with Gasteiger partial charge in [-0.15, -0.1) is 0 Å². The summed E-state index contributed by atoms with van der Waals surface area (Å²) in [4.78, 5) is 25.9. The Labute approximate surface area is 259 Å². The second-order valence-electron chi connectivity index (χ2n) is 8.81. The van der Waals surface area contributed by atoms with Crippen molar-refractivity contribution in [3.8, 4) is 40.2 Å². The van der Waals surface area contributed by atoms with Crippen molar-refractivity contribution in [2.24, 2.45) is 0 Å². The fourth-order valence-electron chi connectivity index (χ4n) is 4.21. The lowest BCUT2D eigenvalue weighted by atomic mass is 10.1. The average Bonchev–Trinajstić information content (AvgIpc) is 3.02. The standard InChI is InChI=1S/C32H34BrNO9/c1-37-21-16-27(39-3)22(28(17-21)40-4)10-9-20(35)14-19-8-11-26(38-2)24(15-19)34-13-12-25(36)23-18-29(41-5)31(42-6)32(43-7)30(23)33/h8-13,15-18,34H,14H2,1-7H3/b10-9+,13-12-. The number of carbonyl (C=O) groups excluding carboxylic acids is 2. The van der Waals surface area contributed by atoms with Crippen molar-refractivity contribution < 1.29 is 42.7 Å². The third-order valence-electron chi connectivity index (χ3n) is 6.34. The molecular weight excluding hydrogens is 622 g/mol. The van der Waals surface area contributed by atoms with Gasteiger partial charge in [0.25, 0.3) is 0 Å². The molecule has 0 amide bonds. The second kappa shape index (κ2) is 15.5. The quantitative estimate of drug-likeness (QED) is 0.151. The minimum Gasteiger partial charge on any atom is -0.496 e. The molecule has 0 fully saturated rings. The first-order valence-corrected chi connectivity index (χ1v) is 13.7. The van der Waals surface area contributed by atoms with Crippen molar-refractivity contribution in [2.75, 3.05) is 55.1 Å². The maximum atomic E-state index is 13.1. The number of benzene rings is 3. The summed E-state index contributed by atoms with van der Waals surface area (Å²) in [7, 11) is 10.6. The Kier molecular flexibility index (Phi) is 11.9. The second-order valence-corrected chi connectivity index (χ2v) is 9.60. The van der Waals surface area contributed by atoms with Crippen LogP contribution in [-0.2, 0) is 11.2 Å². The molecule has 0 heterocycles. The van der Waals surface area contributed by atoms with Crippen LogP contribution in [0.5, 0.6) is 40.2 Å². The Hall–Kier alpha value is -4.64. The molecule has 10 nitrogen and oxygen atoms in total. The molecule has 3 aromatic carbocycles. The topological polar surface area (TPSA) is 111 Å². The van der Waals surface area contributed by atoms with Crippen LogP contribution >= 0.6 is 15.9 Å². The van der Waals surface area contributed by atoms with Gasteiger partial charge in [-0.1, -0.05) is 6.07 Å². The summed E-state index contributed by atoms with van der Waals surface area (Å²) >= 11 is 3.43. The molecule has 0 aliphatic heterocycles. The highest BCUT2D eigenvalue weighted by Gasteiger charge is 2.22. The summed E-state index contributed by atoms with van der Waals surface area (Å²) in [5, 5.41) is 3.07. The first-order valence-electron chi connectivity index (χ1n) is 12.9. The zero-order chi connectivity index (χ0) is 31.5. The number of carbonyl (C=O) groups is 2. The summed E-state index contributed by atoms with van der Waals surface area (Å²) in [6.07, 6.45) is 6.09. The largest absolute Gasteiger partial charge is 0.496 e. The van der Waals surface area contributed by atoms with Crippen molar-refractivity contribution in [2.45, 2.75) is 6.42 Å². The maximum Gasteiger partial charge on any atom is 0.204 e. The number of nitrogens with one attached hydrogen (secondary N) is 1. The minimum atomic E-state index is -0.321. The molecule has 0 aliphatic rings. The molecule has 0 radical (unpaired) electrons. The number of halogens is 1. The third kappa shape index (κ3) is 7.81. The van der Waals surface area contributed by atoms with Crippen LogP contribution in [0.4, 0.5) is 5.69 Å². The highest BCUT2D eigenvalue weighted by molar-refractivity contribution is 9.10. The molecule has 1 N–H and O–H groups in total. The first kappa shape index (κ1) is 32.9. The fraction of sp³-hybridized carbons (Fsp3) is 0.250. The van der Waals surface area contributed by atoms with E-state index in [0.717, 1.165) is 5.56 Å². The number of hydrogen-bond acceptors (Lipinski definition) is 10. The van der Waals surface area contributed by atoms with E-state index in [1.165, 1.54) is 61.0 Å². The van der Waals surface area contributed by atoms with Gasteiger partial charge < -0.3 is 38.5 Å². The van der Waals surface area contributed by atoms with Gasteiger partial charge in [-0.05, 0) is 51.8 Å². The van der Waals surface area contributed by atoms with Gasteiger partial charge in [0.05, 0.1) is 65.5 Å². The highest BCUT2D eigenvalue weighted by Crippen LogP contribution is 2.45. The minimum absolute atomic E-state index is 0.122. The number of anilines is 1. The summed E-state index contributed by atoms with van der Waals surface area (Å²) in [5.74, 6) is 2.71. The number of ether oxygens (including phenoxy) is 7. The van der Waals surface area contributed by atoms with Gasteiger partial charge in [-0.2, -0.15) is 0 Å². The molecule has 43 heavy (non-hydrogen) atoms. The summed E-state index contributed by atoms with van der Waals surface area (Å²) < 4.78 is 38.2. The normalized spacial score (nSPS) is 10.9. The molecule has 0 atom stereocenters. The molecule has 0 bridgehead atoms. The molecule has 3 rings (SSSR count). The molecule has 11 heteroatoms. The van der Waals surface area contributed by atoms with Crippen molar-refractivity contribution in [1.82, 2.24) is 0 Å². The predicted molar refractivity (Wildman–Crippen MR) is 168 cm³/mol. The van der Waals surface area contributed by atoms with Gasteiger partial charge in [-0.3, -0.25) is 9.59 Å². The van der Waals surface area contributed by atoms with E-state index in [1.54, 1.807) is 49.6 Å². The number of rotatable bonds is 15. The van der Waals surface area contributed by atoms with Gasteiger partial charge >= 0.3 is 0 Å². The molecular formula is C32H34BrNO9. The summed E-state index contributed by atoms with van der Waals surface area (Å²) in [6, 6.07) is 10.3. The molecule has 0 saturated heterocycles. The Morgan fingerprint density at radius 1 is 0.721 bits per heavy atom. The van der Waals surface area contributed by atoms with E-state index < -0.39 is 0 Å². The number of ketones is 2. The Morgan fingerprint density at radius 3 is 1.91 bits per heavy atom. The lowest BCUT2D eigenvalue weighted by Gasteiger charge is -2.15. The van der Waals surface area contributed by atoms with Gasteiger partial charge in [-0.25, -0.2) is 0 Å². The highest BCUT2D eigenvalue weighted by atomic mass is 79.9. The predicted octanol–water partition coefficient (Wildman–Crippen LogP) is 6.14. The number of methoxy groups -OCH3 is 7. The monoisotopic (exact) mass is 655 g/mol. The molecule has 3 aromatic rings. The van der Waals surface area contributed by atoms with Crippen LogP contribution in [0, 0.1) is 0 Å². The van der Waals surface area contributed by atoms with Crippen LogP contribution in [0.1, 0.15) is 21.5 Å².